The van der Waals surface area contributed by atoms with Gasteiger partial charge in [0.05, 0.1) is 0 Å². The Morgan fingerprint density at radius 3 is 2.54 bits per heavy atom. The molecule has 2 aromatic carbocycles. The number of hydrogen-bond donors (Lipinski definition) is 2. The number of carbonyl (C=O) groups is 1. The number of nitrogens with one attached hydrogen (secondary N) is 1. The van der Waals surface area contributed by atoms with Crippen LogP contribution in [-0.4, -0.2) is 21.9 Å². The fourth-order valence-electron chi connectivity index (χ4n) is 3.12. The number of nitrogens with zero attached hydrogens (tertiary/aromatic N) is 2. The third-order valence-electron chi connectivity index (χ3n) is 4.50. The quantitative estimate of drug-likeness (QED) is 0.647. The van der Waals surface area contributed by atoms with Gasteiger partial charge in [-0.2, -0.15) is 18.3 Å². The van der Waals surface area contributed by atoms with Gasteiger partial charge in [-0.05, 0) is 54.8 Å². The molecular weight excluding hydrogens is 369 g/mol. The topological polar surface area (TPSA) is 72.9 Å². The van der Waals surface area contributed by atoms with Crippen LogP contribution >= 0.6 is 0 Å². The molecule has 3 aromatic rings. The molecule has 0 aliphatic carbocycles. The van der Waals surface area contributed by atoms with Crippen molar-refractivity contribution in [2.24, 2.45) is 0 Å². The molecule has 0 saturated carbocycles. The molecule has 3 rings (SSSR count). The van der Waals surface area contributed by atoms with E-state index in [1.54, 1.807) is 38.1 Å². The molecule has 8 heteroatoms. The fourth-order valence-corrected chi connectivity index (χ4v) is 3.12. The van der Waals surface area contributed by atoms with Gasteiger partial charge in [0, 0.05) is 29.3 Å². The molecule has 0 bridgehead atoms. The average Bonchev–Trinajstić information content (AvgIpc) is 3.13. The van der Waals surface area contributed by atoms with E-state index in [1.807, 2.05) is 0 Å². The number of alkyl halides is 3. The van der Waals surface area contributed by atoms with E-state index in [0.717, 1.165) is 4.68 Å². The Morgan fingerprint density at radius 2 is 1.93 bits per heavy atom. The van der Waals surface area contributed by atoms with Gasteiger partial charge in [-0.3, -0.25) is 9.48 Å². The summed E-state index contributed by atoms with van der Waals surface area (Å²) in [6.45, 7) is 3.28. The SMILES string of the molecule is Cc1ccc(C(n2cccn2)C(F)(F)F)c(C)c1NC(=O)c1cccc(N)c1. The van der Waals surface area contributed by atoms with E-state index < -0.39 is 18.1 Å². The predicted octanol–water partition coefficient (Wildman–Crippen LogP) is 4.49. The van der Waals surface area contributed by atoms with Crippen molar-refractivity contribution in [1.29, 1.82) is 0 Å². The predicted molar refractivity (Wildman–Crippen MR) is 101 cm³/mol. The number of carbonyl (C=O) groups excluding carboxylic acids is 1. The number of hydrogen-bond acceptors (Lipinski definition) is 3. The number of amides is 1. The van der Waals surface area contributed by atoms with Crippen LogP contribution in [0.2, 0.25) is 0 Å². The van der Waals surface area contributed by atoms with Crippen molar-refractivity contribution in [2.75, 3.05) is 11.1 Å². The molecule has 1 unspecified atom stereocenters. The van der Waals surface area contributed by atoms with Crippen LogP contribution in [0, 0.1) is 13.8 Å². The van der Waals surface area contributed by atoms with Gasteiger partial charge < -0.3 is 11.1 Å². The molecule has 1 aromatic heterocycles. The van der Waals surface area contributed by atoms with E-state index in [4.69, 9.17) is 5.73 Å². The Balaban J connectivity index is 2.03. The number of aromatic nitrogens is 2. The molecular formula is C20H19F3N4O. The van der Waals surface area contributed by atoms with Crippen molar-refractivity contribution in [3.05, 3.63) is 77.1 Å². The minimum atomic E-state index is -4.55. The zero-order valence-electron chi connectivity index (χ0n) is 15.3. The summed E-state index contributed by atoms with van der Waals surface area (Å²) in [5.41, 5.74) is 7.78. The van der Waals surface area contributed by atoms with Gasteiger partial charge in [-0.15, -0.1) is 0 Å². The molecule has 0 spiro atoms. The highest BCUT2D eigenvalue weighted by atomic mass is 19.4. The summed E-state index contributed by atoms with van der Waals surface area (Å²) >= 11 is 0. The number of rotatable bonds is 4. The normalized spacial score (nSPS) is 12.6. The summed E-state index contributed by atoms with van der Waals surface area (Å²) in [5, 5.41) is 6.49. The van der Waals surface area contributed by atoms with Gasteiger partial charge in [0.15, 0.2) is 6.04 Å². The number of nitrogen functional groups attached to an aromatic ring is 1. The highest BCUT2D eigenvalue weighted by Crippen LogP contribution is 2.39. The second-order valence-electron chi connectivity index (χ2n) is 6.48. The molecule has 3 N–H and O–H groups in total. The highest BCUT2D eigenvalue weighted by Gasteiger charge is 2.43. The van der Waals surface area contributed by atoms with E-state index in [9.17, 15) is 18.0 Å². The molecule has 0 saturated heterocycles. The lowest BCUT2D eigenvalue weighted by Gasteiger charge is -2.25. The van der Waals surface area contributed by atoms with Gasteiger partial charge in [-0.1, -0.05) is 18.2 Å². The van der Waals surface area contributed by atoms with E-state index >= 15 is 0 Å². The number of aryl methyl sites for hydroxylation is 1. The zero-order valence-corrected chi connectivity index (χ0v) is 15.3. The van der Waals surface area contributed by atoms with E-state index in [2.05, 4.69) is 10.4 Å². The molecule has 146 valence electrons. The first-order valence-electron chi connectivity index (χ1n) is 8.51. The van der Waals surface area contributed by atoms with E-state index in [0.29, 0.717) is 28.1 Å². The number of benzene rings is 2. The molecule has 0 fully saturated rings. The van der Waals surface area contributed by atoms with Crippen LogP contribution in [-0.2, 0) is 0 Å². The minimum Gasteiger partial charge on any atom is -0.399 e. The number of anilines is 2. The molecule has 1 atom stereocenters. The van der Waals surface area contributed by atoms with Crippen molar-refractivity contribution >= 4 is 17.3 Å². The third-order valence-corrected chi connectivity index (χ3v) is 4.50. The number of halogens is 3. The van der Waals surface area contributed by atoms with Gasteiger partial charge in [0.2, 0.25) is 0 Å². The molecule has 5 nitrogen and oxygen atoms in total. The lowest BCUT2D eigenvalue weighted by Crippen LogP contribution is -2.29. The largest absolute Gasteiger partial charge is 0.415 e. The zero-order chi connectivity index (χ0) is 20.5. The molecule has 1 amide bonds. The van der Waals surface area contributed by atoms with Crippen molar-refractivity contribution in [3.63, 3.8) is 0 Å². The number of nitrogens with two attached hydrogens (primary N) is 1. The van der Waals surface area contributed by atoms with E-state index in [-0.39, 0.29) is 5.56 Å². The van der Waals surface area contributed by atoms with Crippen LogP contribution in [0.3, 0.4) is 0 Å². The summed E-state index contributed by atoms with van der Waals surface area (Å²) in [5.74, 6) is -0.446. The second-order valence-corrected chi connectivity index (χ2v) is 6.48. The van der Waals surface area contributed by atoms with Crippen LogP contribution in [0.4, 0.5) is 24.5 Å². The first-order valence-corrected chi connectivity index (χ1v) is 8.51. The molecule has 0 radical (unpaired) electrons. The first-order chi connectivity index (χ1) is 13.2. The highest BCUT2D eigenvalue weighted by molar-refractivity contribution is 6.05. The second kappa shape index (κ2) is 7.38. The van der Waals surface area contributed by atoms with Gasteiger partial charge in [0.1, 0.15) is 0 Å². The summed E-state index contributed by atoms with van der Waals surface area (Å²) < 4.78 is 42.2. The third kappa shape index (κ3) is 3.85. The summed E-state index contributed by atoms with van der Waals surface area (Å²) in [7, 11) is 0. The first kappa shape index (κ1) is 19.5. The smallest absolute Gasteiger partial charge is 0.399 e. The monoisotopic (exact) mass is 388 g/mol. The molecule has 1 heterocycles. The van der Waals surface area contributed by atoms with Crippen LogP contribution in [0.5, 0.6) is 0 Å². The van der Waals surface area contributed by atoms with E-state index in [1.165, 1.54) is 30.6 Å². The van der Waals surface area contributed by atoms with Crippen molar-refractivity contribution < 1.29 is 18.0 Å². The Morgan fingerprint density at radius 1 is 1.18 bits per heavy atom. The molecule has 28 heavy (non-hydrogen) atoms. The van der Waals surface area contributed by atoms with Crippen LogP contribution in [0.25, 0.3) is 0 Å². The van der Waals surface area contributed by atoms with Gasteiger partial charge >= 0.3 is 6.18 Å². The maximum absolute atomic E-state index is 13.8. The minimum absolute atomic E-state index is 0.0182. The van der Waals surface area contributed by atoms with Crippen LogP contribution in [0.15, 0.2) is 54.9 Å². The van der Waals surface area contributed by atoms with Crippen LogP contribution < -0.4 is 11.1 Å². The summed E-state index contributed by atoms with van der Waals surface area (Å²) in [6, 6.07) is 8.83. The maximum atomic E-state index is 13.8. The Bertz CT molecular complexity index is 997. The maximum Gasteiger partial charge on any atom is 0.415 e. The standard InChI is InChI=1S/C20H19F3N4O/c1-12-7-8-16(18(20(21,22)23)27-10-4-9-25-27)13(2)17(12)26-19(28)14-5-3-6-15(24)11-14/h3-11,18H,24H2,1-2H3,(H,26,28). The summed E-state index contributed by atoms with van der Waals surface area (Å²) in [6.07, 6.45) is -1.99. The Hall–Kier alpha value is -3.29. The summed E-state index contributed by atoms with van der Waals surface area (Å²) in [4.78, 5) is 12.6. The van der Waals surface area contributed by atoms with Crippen molar-refractivity contribution in [2.45, 2.75) is 26.1 Å². The molecule has 0 aliphatic heterocycles. The average molecular weight is 388 g/mol. The van der Waals surface area contributed by atoms with Gasteiger partial charge in [0.25, 0.3) is 5.91 Å². The van der Waals surface area contributed by atoms with Crippen molar-refractivity contribution in [1.82, 2.24) is 9.78 Å². The van der Waals surface area contributed by atoms with Gasteiger partial charge in [-0.25, -0.2) is 0 Å². The lowest BCUT2D eigenvalue weighted by molar-refractivity contribution is -0.159. The molecule has 0 aliphatic rings. The van der Waals surface area contributed by atoms with Crippen molar-refractivity contribution in [3.8, 4) is 0 Å². The van der Waals surface area contributed by atoms with Crippen LogP contribution in [0.1, 0.15) is 33.1 Å². The Kier molecular flexibility index (Phi) is 5.13. The Labute approximate surface area is 160 Å². The lowest BCUT2D eigenvalue weighted by atomic mass is 9.96. The fraction of sp³-hybridized carbons (Fsp3) is 0.200.